The first-order valence-electron chi connectivity index (χ1n) is 7.61. The average molecular weight is 426 g/mol. The first-order chi connectivity index (χ1) is 12.4. The quantitative estimate of drug-likeness (QED) is 0.497. The highest BCUT2D eigenvalue weighted by Crippen LogP contribution is 2.55. The van der Waals surface area contributed by atoms with Crippen molar-refractivity contribution in [3.05, 3.63) is 35.4 Å². The summed E-state index contributed by atoms with van der Waals surface area (Å²) in [6.07, 6.45) is -9.50. The summed E-state index contributed by atoms with van der Waals surface area (Å²) < 4.78 is 122. The van der Waals surface area contributed by atoms with Crippen molar-refractivity contribution in [3.63, 3.8) is 0 Å². The van der Waals surface area contributed by atoms with Gasteiger partial charge in [0.25, 0.3) is 0 Å². The van der Waals surface area contributed by atoms with Gasteiger partial charge >= 0.3 is 29.9 Å². The summed E-state index contributed by atoms with van der Waals surface area (Å²) in [4.78, 5) is 11.8. The van der Waals surface area contributed by atoms with Gasteiger partial charge in [-0.05, 0) is 25.5 Å². The third kappa shape index (κ3) is 4.20. The van der Waals surface area contributed by atoms with Gasteiger partial charge in [0.1, 0.15) is 0 Å². The van der Waals surface area contributed by atoms with E-state index >= 15 is 0 Å². The molecule has 3 nitrogen and oxygen atoms in total. The SMILES string of the molecule is CCOC(=O)c1ccccc1C(C)(O)CC(F)(F)C(F)(F)C(F)(F)C(F)(F)F. The van der Waals surface area contributed by atoms with E-state index in [1.807, 2.05) is 0 Å². The summed E-state index contributed by atoms with van der Waals surface area (Å²) in [5, 5.41) is 10.2. The van der Waals surface area contributed by atoms with Crippen LogP contribution in [0.4, 0.5) is 39.5 Å². The smallest absolute Gasteiger partial charge is 0.460 e. The molecule has 0 aliphatic heterocycles. The van der Waals surface area contributed by atoms with Gasteiger partial charge in [-0.3, -0.25) is 0 Å². The molecule has 0 saturated carbocycles. The molecule has 0 spiro atoms. The number of hydrogen-bond acceptors (Lipinski definition) is 3. The molecule has 1 unspecified atom stereocenters. The number of benzene rings is 1. The summed E-state index contributed by atoms with van der Waals surface area (Å²) in [5.74, 6) is -21.1. The highest BCUT2D eigenvalue weighted by Gasteiger charge is 2.82. The van der Waals surface area contributed by atoms with Crippen LogP contribution in [0.3, 0.4) is 0 Å². The molecule has 28 heavy (non-hydrogen) atoms. The predicted molar refractivity (Wildman–Crippen MR) is 77.5 cm³/mol. The van der Waals surface area contributed by atoms with Gasteiger partial charge in [-0.1, -0.05) is 18.2 Å². The fraction of sp³-hybridized carbons (Fsp3) is 0.562. The number of carbonyl (C=O) groups excluding carboxylic acids is 1. The van der Waals surface area contributed by atoms with Gasteiger partial charge in [0.2, 0.25) is 0 Å². The number of esters is 1. The number of halogens is 9. The summed E-state index contributed by atoms with van der Waals surface area (Å²) in [6.45, 7) is 1.68. The largest absolute Gasteiger partial charge is 0.462 e. The maximum atomic E-state index is 13.9. The van der Waals surface area contributed by atoms with E-state index in [1.54, 1.807) is 0 Å². The van der Waals surface area contributed by atoms with Crippen LogP contribution in [0, 0.1) is 0 Å². The van der Waals surface area contributed by atoms with Gasteiger partial charge in [0.15, 0.2) is 0 Å². The van der Waals surface area contributed by atoms with Gasteiger partial charge in [0.05, 0.1) is 24.2 Å². The number of carbonyl (C=O) groups is 1. The molecule has 1 atom stereocenters. The summed E-state index contributed by atoms with van der Waals surface area (Å²) in [5.41, 5.74) is -4.34. The molecule has 0 bridgehead atoms. The van der Waals surface area contributed by atoms with E-state index in [0.717, 1.165) is 18.2 Å². The molecule has 1 aromatic rings. The second kappa shape index (κ2) is 7.45. The van der Waals surface area contributed by atoms with Crippen molar-refractivity contribution in [1.29, 1.82) is 0 Å². The van der Waals surface area contributed by atoms with Crippen molar-refractivity contribution in [2.75, 3.05) is 6.61 Å². The fourth-order valence-electron chi connectivity index (χ4n) is 2.39. The molecular weight excluding hydrogens is 411 g/mol. The van der Waals surface area contributed by atoms with E-state index < -0.39 is 53.1 Å². The molecule has 0 heterocycles. The predicted octanol–water partition coefficient (Wildman–Crippen LogP) is 4.93. The first-order valence-corrected chi connectivity index (χ1v) is 7.61. The average Bonchev–Trinajstić information content (AvgIpc) is 2.52. The molecule has 160 valence electrons. The van der Waals surface area contributed by atoms with E-state index in [9.17, 15) is 49.4 Å². The van der Waals surface area contributed by atoms with Crippen LogP contribution in [0.2, 0.25) is 0 Å². The standard InChI is InChI=1S/C16H15F9O3/c1-3-28-11(26)9-6-4-5-7-10(9)12(2,27)8-13(17,18)14(19,20)15(21,22)16(23,24)25/h4-7,27H,3,8H2,1-2H3. The van der Waals surface area contributed by atoms with Crippen molar-refractivity contribution in [3.8, 4) is 0 Å². The minimum Gasteiger partial charge on any atom is -0.462 e. The van der Waals surface area contributed by atoms with Crippen LogP contribution >= 0.6 is 0 Å². The van der Waals surface area contributed by atoms with Gasteiger partial charge in [-0.2, -0.15) is 39.5 Å². The van der Waals surface area contributed by atoms with Crippen molar-refractivity contribution in [2.24, 2.45) is 0 Å². The normalized spacial score (nSPS) is 15.9. The van der Waals surface area contributed by atoms with Crippen LogP contribution < -0.4 is 0 Å². The first kappa shape index (κ1) is 24.1. The van der Waals surface area contributed by atoms with Crippen LogP contribution in [-0.2, 0) is 10.3 Å². The highest BCUT2D eigenvalue weighted by molar-refractivity contribution is 5.91. The molecule has 0 aliphatic rings. The van der Waals surface area contributed by atoms with Crippen molar-refractivity contribution in [2.45, 2.75) is 49.8 Å². The lowest BCUT2D eigenvalue weighted by Gasteiger charge is -2.37. The zero-order valence-electron chi connectivity index (χ0n) is 14.4. The minimum atomic E-state index is -7.07. The zero-order valence-corrected chi connectivity index (χ0v) is 14.4. The maximum Gasteiger partial charge on any atom is 0.460 e. The number of rotatable bonds is 7. The molecule has 1 N–H and O–H groups in total. The molecule has 0 radical (unpaired) electrons. The molecule has 1 aromatic carbocycles. The highest BCUT2D eigenvalue weighted by atomic mass is 19.4. The Morgan fingerprint density at radius 3 is 1.93 bits per heavy atom. The van der Waals surface area contributed by atoms with Crippen LogP contribution in [0.25, 0.3) is 0 Å². The van der Waals surface area contributed by atoms with Crippen LogP contribution in [0.5, 0.6) is 0 Å². The Kier molecular flexibility index (Phi) is 6.40. The van der Waals surface area contributed by atoms with Gasteiger partial charge in [-0.25, -0.2) is 4.79 Å². The number of hydrogen-bond donors (Lipinski definition) is 1. The Morgan fingerprint density at radius 1 is 0.964 bits per heavy atom. The van der Waals surface area contributed by atoms with E-state index in [0.29, 0.717) is 6.92 Å². The topological polar surface area (TPSA) is 46.5 Å². The second-order valence-electron chi connectivity index (χ2n) is 6.07. The maximum absolute atomic E-state index is 13.9. The Labute approximate surface area is 153 Å². The molecule has 0 aromatic heterocycles. The Bertz CT molecular complexity index is 712. The third-order valence-electron chi connectivity index (χ3n) is 3.78. The number of alkyl halides is 9. The van der Waals surface area contributed by atoms with Gasteiger partial charge in [0, 0.05) is 0 Å². The molecular formula is C16H15F9O3. The summed E-state index contributed by atoms with van der Waals surface area (Å²) in [6, 6.07) is 4.13. The van der Waals surface area contributed by atoms with Crippen molar-refractivity contribution < 1.29 is 54.2 Å². The van der Waals surface area contributed by atoms with Crippen LogP contribution in [0.15, 0.2) is 24.3 Å². The van der Waals surface area contributed by atoms with Crippen molar-refractivity contribution >= 4 is 5.97 Å². The third-order valence-corrected chi connectivity index (χ3v) is 3.78. The van der Waals surface area contributed by atoms with E-state index in [-0.39, 0.29) is 6.61 Å². The monoisotopic (exact) mass is 426 g/mol. The van der Waals surface area contributed by atoms with Gasteiger partial charge in [-0.15, -0.1) is 0 Å². The molecule has 0 amide bonds. The fourth-order valence-corrected chi connectivity index (χ4v) is 2.39. The van der Waals surface area contributed by atoms with E-state index in [1.165, 1.54) is 13.0 Å². The number of aliphatic hydroxyl groups is 1. The number of ether oxygens (including phenoxy) is 1. The Balaban J connectivity index is 3.37. The lowest BCUT2D eigenvalue weighted by atomic mass is 9.84. The van der Waals surface area contributed by atoms with Crippen LogP contribution in [-0.4, -0.2) is 41.6 Å². The summed E-state index contributed by atoms with van der Waals surface area (Å²) in [7, 11) is 0. The molecule has 0 saturated heterocycles. The zero-order chi connectivity index (χ0) is 22.2. The lowest BCUT2D eigenvalue weighted by molar-refractivity contribution is -0.400. The van der Waals surface area contributed by atoms with Crippen molar-refractivity contribution in [1.82, 2.24) is 0 Å². The van der Waals surface area contributed by atoms with Crippen LogP contribution in [0.1, 0.15) is 36.2 Å². The minimum absolute atomic E-state index is 0.179. The molecule has 12 heteroatoms. The lowest BCUT2D eigenvalue weighted by Crippen LogP contribution is -2.62. The summed E-state index contributed by atoms with van der Waals surface area (Å²) >= 11 is 0. The Hall–Kier alpha value is -1.98. The Morgan fingerprint density at radius 2 is 1.46 bits per heavy atom. The van der Waals surface area contributed by atoms with E-state index in [2.05, 4.69) is 4.74 Å². The second-order valence-corrected chi connectivity index (χ2v) is 6.07. The molecule has 0 fully saturated rings. The molecule has 1 rings (SSSR count). The van der Waals surface area contributed by atoms with E-state index in [4.69, 9.17) is 0 Å². The molecule has 0 aliphatic carbocycles. The van der Waals surface area contributed by atoms with Gasteiger partial charge < -0.3 is 9.84 Å².